The number of rotatable bonds is 7. The molecule has 0 spiro atoms. The van der Waals surface area contributed by atoms with E-state index in [0.29, 0.717) is 65.6 Å². The molecule has 0 saturated carbocycles. The van der Waals surface area contributed by atoms with Gasteiger partial charge in [0.1, 0.15) is 0 Å². The number of hydrogen-bond donors (Lipinski definition) is 1. The molecule has 3 rings (SSSR count). The Morgan fingerprint density at radius 2 is 1.62 bits per heavy atom. The average molecular weight is 436 g/mol. The summed E-state index contributed by atoms with van der Waals surface area (Å²) >= 11 is 0. The van der Waals surface area contributed by atoms with Gasteiger partial charge in [-0.1, -0.05) is 0 Å². The zero-order valence-electron chi connectivity index (χ0n) is 17.4. The number of ether oxygens (including phenoxy) is 4. The van der Waals surface area contributed by atoms with Gasteiger partial charge in [-0.25, -0.2) is 0 Å². The van der Waals surface area contributed by atoms with Crippen molar-refractivity contribution in [2.75, 3.05) is 79.9 Å². The van der Waals surface area contributed by atoms with E-state index in [2.05, 4.69) is 5.32 Å². The highest BCUT2D eigenvalue weighted by molar-refractivity contribution is 5.89. The molecule has 0 aliphatic carbocycles. The maximum atomic E-state index is 13.4. The Bertz CT molecular complexity index is 542. The van der Waals surface area contributed by atoms with Gasteiger partial charge in [-0.3, -0.25) is 9.59 Å². The van der Waals surface area contributed by atoms with E-state index in [-0.39, 0.29) is 42.9 Å². The van der Waals surface area contributed by atoms with Crippen LogP contribution in [0, 0.1) is 5.41 Å². The van der Waals surface area contributed by atoms with Crippen LogP contribution in [0.1, 0.15) is 12.8 Å². The normalized spacial score (nSPS) is 30.1. The number of nitrogens with one attached hydrogen (secondary N) is 1. The lowest BCUT2D eigenvalue weighted by Gasteiger charge is -2.39. The van der Waals surface area contributed by atoms with Gasteiger partial charge in [0, 0.05) is 53.4 Å². The molecule has 3 saturated heterocycles. The highest BCUT2D eigenvalue weighted by Crippen LogP contribution is 2.34. The highest BCUT2D eigenvalue weighted by Gasteiger charge is 2.47. The molecule has 0 bridgehead atoms. The molecule has 3 unspecified atom stereocenters. The third-order valence-electron chi connectivity index (χ3n) is 5.81. The quantitative estimate of drug-likeness (QED) is 0.578. The van der Waals surface area contributed by atoms with Crippen LogP contribution in [-0.2, 0) is 28.5 Å². The van der Waals surface area contributed by atoms with E-state index in [1.165, 1.54) is 0 Å². The first-order valence-electron chi connectivity index (χ1n) is 10.1. The van der Waals surface area contributed by atoms with Crippen LogP contribution in [0.4, 0.5) is 0 Å². The van der Waals surface area contributed by atoms with Crippen molar-refractivity contribution in [2.45, 2.75) is 25.0 Å². The maximum absolute atomic E-state index is 13.4. The molecular formula is C19H34ClN3O6. The standard InChI is InChI=1S/C19H33N3O6.ClH/c1-25-12-15-10-21(5-7-27-15)17(23)9-19(3-4-20-14-19)18(24)22-6-8-28-16(11-22)13-26-2;/h15-16,20H,3-14H2,1-2H3;1H. The van der Waals surface area contributed by atoms with Gasteiger partial charge in [0.25, 0.3) is 0 Å². The van der Waals surface area contributed by atoms with Gasteiger partial charge >= 0.3 is 0 Å². The molecule has 0 aromatic carbocycles. The Hall–Kier alpha value is -0.970. The molecule has 0 radical (unpaired) electrons. The van der Waals surface area contributed by atoms with Gasteiger partial charge in [-0.2, -0.15) is 0 Å². The number of methoxy groups -OCH3 is 2. The van der Waals surface area contributed by atoms with Crippen molar-refractivity contribution in [3.63, 3.8) is 0 Å². The van der Waals surface area contributed by atoms with Crippen LogP contribution in [0.15, 0.2) is 0 Å². The fourth-order valence-electron chi connectivity index (χ4n) is 4.31. The third kappa shape index (κ3) is 6.02. The highest BCUT2D eigenvalue weighted by atomic mass is 35.5. The van der Waals surface area contributed by atoms with Crippen molar-refractivity contribution >= 4 is 24.2 Å². The molecule has 3 heterocycles. The van der Waals surface area contributed by atoms with Gasteiger partial charge in [0.15, 0.2) is 0 Å². The van der Waals surface area contributed by atoms with E-state index in [9.17, 15) is 9.59 Å². The molecule has 168 valence electrons. The average Bonchev–Trinajstić information content (AvgIpc) is 3.18. The molecule has 10 heteroatoms. The van der Waals surface area contributed by atoms with E-state index >= 15 is 0 Å². The van der Waals surface area contributed by atoms with Gasteiger partial charge in [-0.05, 0) is 13.0 Å². The van der Waals surface area contributed by atoms with Gasteiger partial charge in [0.05, 0.1) is 44.1 Å². The van der Waals surface area contributed by atoms with E-state index in [4.69, 9.17) is 18.9 Å². The molecule has 1 N–H and O–H groups in total. The summed E-state index contributed by atoms with van der Waals surface area (Å²) in [6, 6.07) is 0. The van der Waals surface area contributed by atoms with Crippen molar-refractivity contribution in [1.82, 2.24) is 15.1 Å². The molecule has 3 fully saturated rings. The lowest BCUT2D eigenvalue weighted by atomic mass is 9.81. The monoisotopic (exact) mass is 435 g/mol. The zero-order valence-corrected chi connectivity index (χ0v) is 18.2. The largest absolute Gasteiger partial charge is 0.382 e. The fraction of sp³-hybridized carbons (Fsp3) is 0.895. The number of carbonyl (C=O) groups is 2. The minimum Gasteiger partial charge on any atom is -0.382 e. The van der Waals surface area contributed by atoms with Crippen molar-refractivity contribution in [2.24, 2.45) is 5.41 Å². The van der Waals surface area contributed by atoms with Crippen molar-refractivity contribution < 1.29 is 28.5 Å². The van der Waals surface area contributed by atoms with E-state index in [1.807, 2.05) is 9.80 Å². The number of carbonyl (C=O) groups excluding carboxylic acids is 2. The summed E-state index contributed by atoms with van der Waals surface area (Å²) in [5.41, 5.74) is -0.679. The summed E-state index contributed by atoms with van der Waals surface area (Å²) in [5.74, 6) is 0.0695. The van der Waals surface area contributed by atoms with Crippen LogP contribution in [0.25, 0.3) is 0 Å². The molecule has 3 atom stereocenters. The van der Waals surface area contributed by atoms with Crippen molar-refractivity contribution in [1.29, 1.82) is 0 Å². The maximum Gasteiger partial charge on any atom is 0.230 e. The molecule has 9 nitrogen and oxygen atoms in total. The van der Waals surface area contributed by atoms with Crippen molar-refractivity contribution in [3.05, 3.63) is 0 Å². The van der Waals surface area contributed by atoms with Crippen LogP contribution < -0.4 is 5.32 Å². The first-order valence-corrected chi connectivity index (χ1v) is 10.1. The first kappa shape index (κ1) is 24.3. The molecule has 0 aromatic rings. The summed E-state index contributed by atoms with van der Waals surface area (Å²) in [6.45, 7) is 5.35. The Morgan fingerprint density at radius 1 is 1.03 bits per heavy atom. The first-order chi connectivity index (χ1) is 13.6. The van der Waals surface area contributed by atoms with Crippen LogP contribution in [0.2, 0.25) is 0 Å². The zero-order chi connectivity index (χ0) is 20.0. The van der Waals surface area contributed by atoms with Crippen molar-refractivity contribution in [3.8, 4) is 0 Å². The van der Waals surface area contributed by atoms with Gasteiger partial charge in [-0.15, -0.1) is 12.4 Å². The second-order valence-corrected chi connectivity index (χ2v) is 7.87. The van der Waals surface area contributed by atoms with Crippen LogP contribution >= 0.6 is 12.4 Å². The summed E-state index contributed by atoms with van der Waals surface area (Å²) in [5, 5.41) is 3.29. The molecule has 3 aliphatic rings. The molecular weight excluding hydrogens is 402 g/mol. The Labute approximate surface area is 178 Å². The van der Waals surface area contributed by atoms with E-state index < -0.39 is 5.41 Å². The minimum absolute atomic E-state index is 0. The van der Waals surface area contributed by atoms with Crippen LogP contribution in [0.3, 0.4) is 0 Å². The SMILES string of the molecule is COCC1CN(C(=O)CC2(C(=O)N3CCOC(COC)C3)CCNC2)CCO1.Cl. The Morgan fingerprint density at radius 3 is 2.17 bits per heavy atom. The lowest BCUT2D eigenvalue weighted by molar-refractivity contribution is -0.156. The Balaban J connectivity index is 0.00000300. The summed E-state index contributed by atoms with van der Waals surface area (Å²) in [4.78, 5) is 30.1. The van der Waals surface area contributed by atoms with Gasteiger partial charge in [0.2, 0.25) is 11.8 Å². The smallest absolute Gasteiger partial charge is 0.230 e. The second kappa shape index (κ2) is 11.4. The van der Waals surface area contributed by atoms with Crippen LogP contribution in [-0.4, -0.2) is 114 Å². The third-order valence-corrected chi connectivity index (χ3v) is 5.81. The number of amides is 2. The summed E-state index contributed by atoms with van der Waals surface area (Å²) in [7, 11) is 3.26. The van der Waals surface area contributed by atoms with Gasteiger partial charge < -0.3 is 34.1 Å². The van der Waals surface area contributed by atoms with E-state index in [1.54, 1.807) is 14.2 Å². The number of halogens is 1. The van der Waals surface area contributed by atoms with E-state index in [0.717, 1.165) is 6.54 Å². The topological polar surface area (TPSA) is 89.6 Å². The predicted molar refractivity (Wildman–Crippen MR) is 108 cm³/mol. The fourth-order valence-corrected chi connectivity index (χ4v) is 4.31. The predicted octanol–water partition coefficient (Wildman–Crippen LogP) is -0.474. The number of nitrogens with zero attached hydrogens (tertiary/aromatic N) is 2. The number of morpholine rings is 2. The molecule has 3 aliphatic heterocycles. The summed E-state index contributed by atoms with van der Waals surface area (Å²) in [6.07, 6.45) is 0.685. The molecule has 0 aromatic heterocycles. The minimum atomic E-state index is -0.679. The summed E-state index contributed by atoms with van der Waals surface area (Å²) < 4.78 is 21.6. The van der Waals surface area contributed by atoms with Crippen LogP contribution in [0.5, 0.6) is 0 Å². The lowest BCUT2D eigenvalue weighted by Crippen LogP contribution is -2.55. The number of hydrogen-bond acceptors (Lipinski definition) is 7. The molecule has 29 heavy (non-hydrogen) atoms. The molecule has 2 amide bonds. The second-order valence-electron chi connectivity index (χ2n) is 7.87. The Kier molecular flexibility index (Phi) is 9.58.